The summed E-state index contributed by atoms with van der Waals surface area (Å²) in [5.41, 5.74) is 4.95. The largest absolute Gasteiger partial charge is 0.481 e. The molecule has 1 aliphatic heterocycles. The van der Waals surface area contributed by atoms with E-state index in [4.69, 9.17) is 15.6 Å². The first-order chi connectivity index (χ1) is 8.71. The number of hydrogen-bond donors (Lipinski definition) is 3. The molecular weight excluding hydrogens is 248 g/mol. The lowest BCUT2D eigenvalue weighted by atomic mass is 9.48. The molecule has 4 N–H and O–H groups in total. The van der Waals surface area contributed by atoms with Crippen molar-refractivity contribution in [2.24, 2.45) is 17.1 Å². The Morgan fingerprint density at radius 1 is 1.53 bits per heavy atom. The molecule has 1 saturated carbocycles. The molecule has 0 radical (unpaired) electrons. The van der Waals surface area contributed by atoms with Gasteiger partial charge < -0.3 is 20.9 Å². The molecule has 2 rings (SSSR count). The van der Waals surface area contributed by atoms with Crippen molar-refractivity contribution in [2.45, 2.75) is 51.3 Å². The third-order valence-corrected chi connectivity index (χ3v) is 4.69. The van der Waals surface area contributed by atoms with E-state index < -0.39 is 23.0 Å². The molecule has 2 fully saturated rings. The molecule has 2 aliphatic rings. The summed E-state index contributed by atoms with van der Waals surface area (Å²) in [6.45, 7) is 6.17. The van der Waals surface area contributed by atoms with Crippen molar-refractivity contribution in [3.8, 4) is 0 Å². The van der Waals surface area contributed by atoms with E-state index in [2.05, 4.69) is 5.32 Å². The Bertz CT molecular complexity index is 409. The van der Waals surface area contributed by atoms with Gasteiger partial charge in [0.25, 0.3) is 0 Å². The summed E-state index contributed by atoms with van der Waals surface area (Å²) in [5, 5.41) is 11.4. The molecule has 4 unspecified atom stereocenters. The van der Waals surface area contributed by atoms with Crippen LogP contribution in [0.5, 0.6) is 0 Å². The SMILES string of the molecule is CC(CC(=O)O)NC(=O)C1(N)C2CCOC2C1(C)C. The summed E-state index contributed by atoms with van der Waals surface area (Å²) in [6.07, 6.45) is 0.705. The number of fused-ring (bicyclic) bond motifs is 1. The molecule has 1 aliphatic carbocycles. The number of carbonyl (C=O) groups excluding carboxylic acids is 1. The smallest absolute Gasteiger partial charge is 0.305 e. The minimum absolute atomic E-state index is 0.0260. The monoisotopic (exact) mass is 270 g/mol. The number of aliphatic carboxylic acids is 1. The van der Waals surface area contributed by atoms with Crippen molar-refractivity contribution in [3.63, 3.8) is 0 Å². The highest BCUT2D eigenvalue weighted by Crippen LogP contribution is 2.58. The number of amides is 1. The van der Waals surface area contributed by atoms with E-state index in [1.165, 1.54) is 0 Å². The number of carbonyl (C=O) groups is 2. The first-order valence-corrected chi connectivity index (χ1v) is 6.64. The highest BCUT2D eigenvalue weighted by Gasteiger charge is 2.71. The summed E-state index contributed by atoms with van der Waals surface area (Å²) in [7, 11) is 0. The fourth-order valence-corrected chi connectivity index (χ4v) is 3.50. The maximum absolute atomic E-state index is 12.4. The molecule has 4 atom stereocenters. The van der Waals surface area contributed by atoms with Crippen LogP contribution in [-0.4, -0.2) is 41.3 Å². The van der Waals surface area contributed by atoms with E-state index in [0.717, 1.165) is 6.42 Å². The van der Waals surface area contributed by atoms with Crippen LogP contribution in [0.1, 0.15) is 33.6 Å². The van der Waals surface area contributed by atoms with E-state index in [9.17, 15) is 9.59 Å². The van der Waals surface area contributed by atoms with Gasteiger partial charge in [-0.1, -0.05) is 13.8 Å². The molecule has 0 aromatic heterocycles. The first-order valence-electron chi connectivity index (χ1n) is 6.64. The van der Waals surface area contributed by atoms with Crippen molar-refractivity contribution in [1.29, 1.82) is 0 Å². The van der Waals surface area contributed by atoms with Gasteiger partial charge in [0.05, 0.1) is 12.5 Å². The molecule has 0 spiro atoms. The van der Waals surface area contributed by atoms with Gasteiger partial charge in [0, 0.05) is 24.0 Å². The summed E-state index contributed by atoms with van der Waals surface area (Å²) in [4.78, 5) is 23.0. The van der Waals surface area contributed by atoms with Crippen LogP contribution in [0.25, 0.3) is 0 Å². The summed E-state index contributed by atoms with van der Waals surface area (Å²) in [5.74, 6) is -1.17. The number of nitrogens with two attached hydrogens (primary N) is 1. The normalized spacial score (nSPS) is 37.1. The fourth-order valence-electron chi connectivity index (χ4n) is 3.50. The second kappa shape index (κ2) is 4.45. The molecule has 1 saturated heterocycles. The number of nitrogens with one attached hydrogen (secondary N) is 1. The lowest BCUT2D eigenvalue weighted by Crippen LogP contribution is -2.80. The third-order valence-electron chi connectivity index (χ3n) is 4.69. The van der Waals surface area contributed by atoms with Crippen molar-refractivity contribution in [3.05, 3.63) is 0 Å². The number of carboxylic acid groups (broad SMARTS) is 1. The maximum Gasteiger partial charge on any atom is 0.305 e. The number of rotatable bonds is 4. The molecule has 0 aromatic carbocycles. The molecule has 0 bridgehead atoms. The van der Waals surface area contributed by atoms with Crippen LogP contribution >= 0.6 is 0 Å². The molecular formula is C13H22N2O4. The zero-order valence-electron chi connectivity index (χ0n) is 11.6. The van der Waals surface area contributed by atoms with Gasteiger partial charge in [-0.3, -0.25) is 9.59 Å². The molecule has 1 heterocycles. The Morgan fingerprint density at radius 3 is 2.74 bits per heavy atom. The van der Waals surface area contributed by atoms with Crippen molar-refractivity contribution >= 4 is 11.9 Å². The van der Waals surface area contributed by atoms with Crippen molar-refractivity contribution in [2.75, 3.05) is 6.61 Å². The second-order valence-electron chi connectivity index (χ2n) is 6.25. The zero-order chi connectivity index (χ0) is 14.4. The zero-order valence-corrected chi connectivity index (χ0v) is 11.6. The van der Waals surface area contributed by atoms with Crippen LogP contribution < -0.4 is 11.1 Å². The molecule has 0 aromatic rings. The Labute approximate surface area is 112 Å². The standard InChI is InChI=1S/C13H22N2O4/c1-7(6-9(16)17)15-11(18)13(14)8-4-5-19-10(8)12(13,2)3/h7-8,10H,4-6,14H2,1-3H3,(H,15,18)(H,16,17). The van der Waals surface area contributed by atoms with E-state index in [0.29, 0.717) is 6.61 Å². The van der Waals surface area contributed by atoms with Gasteiger partial charge >= 0.3 is 5.97 Å². The topological polar surface area (TPSA) is 102 Å². The van der Waals surface area contributed by atoms with Crippen LogP contribution in [0.15, 0.2) is 0 Å². The number of ether oxygens (including phenoxy) is 1. The van der Waals surface area contributed by atoms with Gasteiger partial charge in [-0.15, -0.1) is 0 Å². The summed E-state index contributed by atoms with van der Waals surface area (Å²) < 4.78 is 5.63. The van der Waals surface area contributed by atoms with Crippen molar-refractivity contribution in [1.82, 2.24) is 5.32 Å². The molecule has 19 heavy (non-hydrogen) atoms. The Kier molecular flexibility index (Phi) is 3.35. The Morgan fingerprint density at radius 2 is 2.16 bits per heavy atom. The van der Waals surface area contributed by atoms with E-state index in [1.807, 2.05) is 13.8 Å². The van der Waals surface area contributed by atoms with Crippen LogP contribution in [0.4, 0.5) is 0 Å². The number of hydrogen-bond acceptors (Lipinski definition) is 4. The fraction of sp³-hybridized carbons (Fsp3) is 0.846. The molecule has 6 heteroatoms. The van der Waals surface area contributed by atoms with Crippen LogP contribution in [0.2, 0.25) is 0 Å². The predicted octanol–water partition coefficient (Wildman–Crippen LogP) is 0.108. The average Bonchev–Trinajstić information content (AvgIpc) is 2.73. The van der Waals surface area contributed by atoms with Gasteiger partial charge in [-0.05, 0) is 13.3 Å². The lowest BCUT2D eigenvalue weighted by molar-refractivity contribution is -0.176. The number of carboxylic acids is 1. The minimum Gasteiger partial charge on any atom is -0.481 e. The Balaban J connectivity index is 2.08. The van der Waals surface area contributed by atoms with Gasteiger partial charge in [0.2, 0.25) is 5.91 Å². The minimum atomic E-state index is -0.971. The van der Waals surface area contributed by atoms with E-state index in [1.54, 1.807) is 6.92 Å². The first kappa shape index (κ1) is 14.3. The van der Waals surface area contributed by atoms with E-state index >= 15 is 0 Å². The quantitative estimate of drug-likeness (QED) is 0.673. The molecule has 1 amide bonds. The van der Waals surface area contributed by atoms with Crippen LogP contribution in [-0.2, 0) is 14.3 Å². The van der Waals surface area contributed by atoms with Gasteiger partial charge in [-0.2, -0.15) is 0 Å². The Hall–Kier alpha value is -1.14. The van der Waals surface area contributed by atoms with Crippen LogP contribution in [0.3, 0.4) is 0 Å². The average molecular weight is 270 g/mol. The predicted molar refractivity (Wildman–Crippen MR) is 68.4 cm³/mol. The maximum atomic E-state index is 12.4. The highest BCUT2D eigenvalue weighted by atomic mass is 16.5. The van der Waals surface area contributed by atoms with Gasteiger partial charge in [-0.25, -0.2) is 0 Å². The second-order valence-corrected chi connectivity index (χ2v) is 6.25. The molecule has 6 nitrogen and oxygen atoms in total. The van der Waals surface area contributed by atoms with Gasteiger partial charge in [0.15, 0.2) is 0 Å². The van der Waals surface area contributed by atoms with Gasteiger partial charge in [0.1, 0.15) is 5.54 Å². The summed E-state index contributed by atoms with van der Waals surface area (Å²) in [6, 6.07) is -0.428. The van der Waals surface area contributed by atoms with Crippen LogP contribution in [0, 0.1) is 11.3 Å². The molecule has 108 valence electrons. The van der Waals surface area contributed by atoms with Crippen molar-refractivity contribution < 1.29 is 19.4 Å². The third kappa shape index (κ3) is 1.94. The lowest BCUT2D eigenvalue weighted by Gasteiger charge is -2.60. The van der Waals surface area contributed by atoms with E-state index in [-0.39, 0.29) is 24.3 Å². The summed E-state index contributed by atoms with van der Waals surface area (Å²) >= 11 is 0. The highest BCUT2D eigenvalue weighted by molar-refractivity contribution is 5.90.